The third kappa shape index (κ3) is 3.65. The SMILES string of the molecule is CC(C)n1nc(-c2nnc(C3CCN(CC4(O)CCCC4)CC3)o2)c2ccccc21. The smallest absolute Gasteiger partial charge is 0.268 e. The fourth-order valence-electron chi connectivity index (χ4n) is 5.08. The van der Waals surface area contributed by atoms with Crippen molar-refractivity contribution in [2.24, 2.45) is 0 Å². The summed E-state index contributed by atoms with van der Waals surface area (Å²) in [5, 5.41) is 25.3. The van der Waals surface area contributed by atoms with E-state index in [1.165, 1.54) is 0 Å². The quantitative estimate of drug-likeness (QED) is 0.682. The van der Waals surface area contributed by atoms with E-state index in [-0.39, 0.29) is 12.0 Å². The van der Waals surface area contributed by atoms with Crippen molar-refractivity contribution in [3.63, 3.8) is 0 Å². The molecule has 1 saturated carbocycles. The van der Waals surface area contributed by atoms with Crippen molar-refractivity contribution >= 4 is 10.9 Å². The van der Waals surface area contributed by atoms with Gasteiger partial charge in [0.05, 0.1) is 11.1 Å². The van der Waals surface area contributed by atoms with Gasteiger partial charge in [-0.2, -0.15) is 5.10 Å². The standard InChI is InChI=1S/C23H31N5O2/c1-16(2)28-19-8-4-3-7-18(19)20(26-28)22-25-24-21(30-22)17-9-13-27(14-10-17)15-23(29)11-5-6-12-23/h3-4,7-8,16-17,29H,5-6,9-15H2,1-2H3. The van der Waals surface area contributed by atoms with Crippen LogP contribution in [0, 0.1) is 0 Å². The van der Waals surface area contributed by atoms with Gasteiger partial charge in [-0.15, -0.1) is 10.2 Å². The normalized spacial score (nSPS) is 20.5. The number of fused-ring (bicyclic) bond motifs is 1. The summed E-state index contributed by atoms with van der Waals surface area (Å²) in [6.45, 7) is 6.98. The number of β-amino-alcohol motifs (C(OH)–C–C–N with tert-alkyl or cyclic N) is 1. The highest BCUT2D eigenvalue weighted by molar-refractivity contribution is 5.91. The fraction of sp³-hybridized carbons (Fsp3) is 0.609. The van der Waals surface area contributed by atoms with Crippen molar-refractivity contribution < 1.29 is 9.52 Å². The second-order valence-electron chi connectivity index (χ2n) is 9.33. The summed E-state index contributed by atoms with van der Waals surface area (Å²) >= 11 is 0. The second kappa shape index (κ2) is 7.78. The number of rotatable bonds is 5. The highest BCUT2D eigenvalue weighted by Crippen LogP contribution is 2.35. The Morgan fingerprint density at radius 3 is 2.60 bits per heavy atom. The molecule has 160 valence electrons. The summed E-state index contributed by atoms with van der Waals surface area (Å²) in [6.07, 6.45) is 6.16. The molecule has 30 heavy (non-hydrogen) atoms. The van der Waals surface area contributed by atoms with Crippen LogP contribution in [0.25, 0.3) is 22.5 Å². The Kier molecular flexibility index (Phi) is 5.11. The fourth-order valence-corrected chi connectivity index (χ4v) is 5.08. The minimum Gasteiger partial charge on any atom is -0.419 e. The van der Waals surface area contributed by atoms with Gasteiger partial charge >= 0.3 is 0 Å². The first kappa shape index (κ1) is 19.7. The summed E-state index contributed by atoms with van der Waals surface area (Å²) in [5.74, 6) is 1.50. The van der Waals surface area contributed by atoms with Gasteiger partial charge in [-0.05, 0) is 58.7 Å². The molecule has 1 saturated heterocycles. The van der Waals surface area contributed by atoms with E-state index in [9.17, 15) is 5.11 Å². The Hall–Kier alpha value is -2.25. The molecule has 0 atom stereocenters. The van der Waals surface area contributed by atoms with Crippen LogP contribution in [-0.2, 0) is 0 Å². The molecule has 1 aliphatic carbocycles. The summed E-state index contributed by atoms with van der Waals surface area (Å²) in [7, 11) is 0. The molecule has 2 aliphatic rings. The van der Waals surface area contributed by atoms with Crippen LogP contribution in [-0.4, -0.2) is 55.2 Å². The number of hydrogen-bond acceptors (Lipinski definition) is 6. The molecule has 7 heteroatoms. The van der Waals surface area contributed by atoms with Crippen LogP contribution in [0.3, 0.4) is 0 Å². The van der Waals surface area contributed by atoms with Gasteiger partial charge in [0.1, 0.15) is 0 Å². The molecular weight excluding hydrogens is 378 g/mol. The molecule has 3 heterocycles. The van der Waals surface area contributed by atoms with E-state index in [1.807, 2.05) is 16.8 Å². The molecule has 7 nitrogen and oxygen atoms in total. The lowest BCUT2D eigenvalue weighted by Crippen LogP contribution is -2.44. The molecule has 5 rings (SSSR count). The lowest BCUT2D eigenvalue weighted by molar-refractivity contribution is 0.00235. The van der Waals surface area contributed by atoms with E-state index >= 15 is 0 Å². The van der Waals surface area contributed by atoms with Crippen molar-refractivity contribution in [1.82, 2.24) is 24.9 Å². The first-order chi connectivity index (χ1) is 14.5. The second-order valence-corrected chi connectivity index (χ2v) is 9.33. The van der Waals surface area contributed by atoms with Gasteiger partial charge in [0.15, 0.2) is 5.69 Å². The van der Waals surface area contributed by atoms with Crippen LogP contribution in [0.2, 0.25) is 0 Å². The Morgan fingerprint density at radius 1 is 1.13 bits per heavy atom. The topological polar surface area (TPSA) is 80.2 Å². The monoisotopic (exact) mass is 409 g/mol. The van der Waals surface area contributed by atoms with E-state index in [0.717, 1.165) is 74.8 Å². The van der Waals surface area contributed by atoms with E-state index in [4.69, 9.17) is 9.52 Å². The largest absolute Gasteiger partial charge is 0.419 e. The van der Waals surface area contributed by atoms with Gasteiger partial charge in [0, 0.05) is 23.9 Å². The predicted octanol–water partition coefficient (Wildman–Crippen LogP) is 4.15. The third-order valence-electron chi connectivity index (χ3n) is 6.74. The number of likely N-dealkylation sites (tertiary alicyclic amines) is 1. The maximum Gasteiger partial charge on any atom is 0.268 e. The van der Waals surface area contributed by atoms with Gasteiger partial charge in [0.25, 0.3) is 5.89 Å². The molecular formula is C23H31N5O2. The Balaban J connectivity index is 1.31. The van der Waals surface area contributed by atoms with Gasteiger partial charge in [-0.3, -0.25) is 4.68 Å². The van der Waals surface area contributed by atoms with Gasteiger partial charge < -0.3 is 14.4 Å². The molecule has 0 unspecified atom stereocenters. The molecule has 3 aromatic rings. The molecule has 0 amide bonds. The summed E-state index contributed by atoms with van der Waals surface area (Å²) in [4.78, 5) is 2.40. The highest BCUT2D eigenvalue weighted by Gasteiger charge is 2.35. The Bertz CT molecular complexity index is 1010. The van der Waals surface area contributed by atoms with Gasteiger partial charge in [-0.25, -0.2) is 0 Å². The van der Waals surface area contributed by atoms with Crippen LogP contribution < -0.4 is 0 Å². The molecule has 1 aliphatic heterocycles. The molecule has 2 aromatic heterocycles. The highest BCUT2D eigenvalue weighted by atomic mass is 16.4. The summed E-state index contributed by atoms with van der Waals surface area (Å²) in [6, 6.07) is 8.44. The van der Waals surface area contributed by atoms with Crippen molar-refractivity contribution in [1.29, 1.82) is 0 Å². The molecule has 0 spiro atoms. The van der Waals surface area contributed by atoms with E-state index in [0.29, 0.717) is 11.8 Å². The minimum atomic E-state index is -0.471. The number of piperidine rings is 1. The van der Waals surface area contributed by atoms with Crippen molar-refractivity contribution in [3.05, 3.63) is 30.2 Å². The maximum absolute atomic E-state index is 10.7. The van der Waals surface area contributed by atoms with E-state index in [2.05, 4.69) is 41.1 Å². The van der Waals surface area contributed by atoms with Gasteiger partial charge in [-0.1, -0.05) is 31.0 Å². The average Bonchev–Trinajstić information content (AvgIpc) is 3.46. The lowest BCUT2D eigenvalue weighted by Gasteiger charge is -2.35. The molecule has 0 bridgehead atoms. The average molecular weight is 410 g/mol. The number of aromatic nitrogens is 4. The third-order valence-corrected chi connectivity index (χ3v) is 6.74. The lowest BCUT2D eigenvalue weighted by atomic mass is 9.94. The zero-order valence-corrected chi connectivity index (χ0v) is 17.9. The molecule has 2 fully saturated rings. The van der Waals surface area contributed by atoms with E-state index < -0.39 is 5.60 Å². The molecule has 0 radical (unpaired) electrons. The summed E-state index contributed by atoms with van der Waals surface area (Å²) < 4.78 is 8.15. The van der Waals surface area contributed by atoms with Crippen LogP contribution in [0.1, 0.15) is 70.2 Å². The molecule has 1 aromatic carbocycles. The van der Waals surface area contributed by atoms with Crippen molar-refractivity contribution in [3.8, 4) is 11.6 Å². The van der Waals surface area contributed by atoms with Crippen LogP contribution in [0.15, 0.2) is 28.7 Å². The zero-order chi connectivity index (χ0) is 20.7. The number of nitrogens with zero attached hydrogens (tertiary/aromatic N) is 5. The zero-order valence-electron chi connectivity index (χ0n) is 17.9. The number of hydrogen-bond donors (Lipinski definition) is 1. The number of aliphatic hydroxyl groups is 1. The van der Waals surface area contributed by atoms with Gasteiger partial charge in [0.2, 0.25) is 5.89 Å². The number of benzene rings is 1. The Morgan fingerprint density at radius 2 is 1.87 bits per heavy atom. The van der Waals surface area contributed by atoms with Crippen molar-refractivity contribution in [2.75, 3.05) is 19.6 Å². The van der Waals surface area contributed by atoms with Crippen LogP contribution >= 0.6 is 0 Å². The van der Waals surface area contributed by atoms with E-state index in [1.54, 1.807) is 0 Å². The maximum atomic E-state index is 10.7. The Labute approximate surface area is 177 Å². The predicted molar refractivity (Wildman–Crippen MR) is 115 cm³/mol. The number of para-hydroxylation sites is 1. The minimum absolute atomic E-state index is 0.255. The summed E-state index contributed by atoms with van der Waals surface area (Å²) in [5.41, 5.74) is 1.38. The first-order valence-corrected chi connectivity index (χ1v) is 11.3. The molecule has 1 N–H and O–H groups in total. The van der Waals surface area contributed by atoms with Crippen LogP contribution in [0.5, 0.6) is 0 Å². The first-order valence-electron chi connectivity index (χ1n) is 11.3. The van der Waals surface area contributed by atoms with Crippen molar-refractivity contribution in [2.45, 2.75) is 69.9 Å². The van der Waals surface area contributed by atoms with Crippen LogP contribution in [0.4, 0.5) is 0 Å².